The first-order valence-electron chi connectivity index (χ1n) is 11.9. The van der Waals surface area contributed by atoms with E-state index in [9.17, 15) is 18.0 Å². The second-order valence-electron chi connectivity index (χ2n) is 8.74. The Bertz CT molecular complexity index is 1390. The minimum Gasteiger partial charge on any atom is -0.484 e. The van der Waals surface area contributed by atoms with Gasteiger partial charge in [0.05, 0.1) is 4.90 Å². The largest absolute Gasteiger partial charge is 0.484 e. The molecular formula is C26H30N2O6S. The highest BCUT2D eigenvalue weighted by molar-refractivity contribution is 7.89. The lowest BCUT2D eigenvalue weighted by molar-refractivity contribution is -0.118. The summed E-state index contributed by atoms with van der Waals surface area (Å²) in [5, 5.41) is 3.53. The number of carbonyl (C=O) groups excluding carboxylic acids is 1. The van der Waals surface area contributed by atoms with Crippen LogP contribution in [0.3, 0.4) is 0 Å². The van der Waals surface area contributed by atoms with Crippen molar-refractivity contribution in [2.24, 2.45) is 0 Å². The summed E-state index contributed by atoms with van der Waals surface area (Å²) in [6.45, 7) is 4.45. The maximum atomic E-state index is 13.2. The average molecular weight is 499 g/mol. The van der Waals surface area contributed by atoms with Crippen molar-refractivity contribution in [2.45, 2.75) is 50.8 Å². The number of fused-ring (bicyclic) bond motifs is 1. The molecule has 35 heavy (non-hydrogen) atoms. The Morgan fingerprint density at radius 2 is 1.80 bits per heavy atom. The third-order valence-electron chi connectivity index (χ3n) is 6.21. The molecule has 0 spiro atoms. The molecule has 0 radical (unpaired) electrons. The fraction of sp³-hybridized carbons (Fsp3) is 0.385. The number of hydrogen-bond donors (Lipinski definition) is 1. The Hall–Kier alpha value is -3.17. The second kappa shape index (κ2) is 10.6. The lowest BCUT2D eigenvalue weighted by atomic mass is 10.1. The molecule has 8 nitrogen and oxygen atoms in total. The molecule has 1 fully saturated rings. The number of nitrogens with zero attached hydrogens (tertiary/aromatic N) is 1. The zero-order chi connectivity index (χ0) is 25.0. The van der Waals surface area contributed by atoms with E-state index in [0.717, 1.165) is 36.6 Å². The van der Waals surface area contributed by atoms with Crippen LogP contribution in [0.2, 0.25) is 0 Å². The topological polar surface area (TPSA) is 106 Å². The predicted octanol–water partition coefficient (Wildman–Crippen LogP) is 4.25. The molecule has 4 rings (SSSR count). The van der Waals surface area contributed by atoms with Crippen molar-refractivity contribution in [3.05, 3.63) is 64.0 Å². The average Bonchev–Trinajstić information content (AvgIpc) is 3.13. The van der Waals surface area contributed by atoms with Gasteiger partial charge in [0, 0.05) is 36.3 Å². The van der Waals surface area contributed by atoms with Crippen LogP contribution in [0.1, 0.15) is 43.7 Å². The number of aryl methyl sites for hydroxylation is 2. The summed E-state index contributed by atoms with van der Waals surface area (Å²) in [4.78, 5) is 24.5. The van der Waals surface area contributed by atoms with Crippen molar-refractivity contribution in [3.63, 3.8) is 0 Å². The number of rotatable bonds is 7. The van der Waals surface area contributed by atoms with Gasteiger partial charge in [-0.25, -0.2) is 13.2 Å². The fourth-order valence-electron chi connectivity index (χ4n) is 4.32. The van der Waals surface area contributed by atoms with E-state index >= 15 is 0 Å². The van der Waals surface area contributed by atoms with Gasteiger partial charge < -0.3 is 14.5 Å². The maximum Gasteiger partial charge on any atom is 0.336 e. The van der Waals surface area contributed by atoms with E-state index in [2.05, 4.69) is 5.32 Å². The lowest BCUT2D eigenvalue weighted by Gasteiger charge is -2.21. The van der Waals surface area contributed by atoms with E-state index in [4.69, 9.17) is 9.15 Å². The molecule has 1 amide bonds. The van der Waals surface area contributed by atoms with Gasteiger partial charge in [0.25, 0.3) is 5.91 Å². The summed E-state index contributed by atoms with van der Waals surface area (Å²) in [7, 11) is -3.64. The van der Waals surface area contributed by atoms with Crippen molar-refractivity contribution in [1.29, 1.82) is 0 Å². The number of nitrogens with one attached hydrogen (secondary N) is 1. The van der Waals surface area contributed by atoms with Crippen molar-refractivity contribution in [1.82, 2.24) is 4.31 Å². The molecule has 1 N–H and O–H groups in total. The SMILES string of the molecule is CCc1cc(=O)oc2cc(OCC(=O)Nc3ccc(C)c(S(=O)(=O)N4CCCCCC4)c3)ccc12. The first-order chi connectivity index (χ1) is 16.8. The van der Waals surface area contributed by atoms with Gasteiger partial charge in [0.1, 0.15) is 11.3 Å². The van der Waals surface area contributed by atoms with Gasteiger partial charge in [0.2, 0.25) is 10.0 Å². The van der Waals surface area contributed by atoms with Crippen LogP contribution < -0.4 is 15.7 Å². The Morgan fingerprint density at radius 3 is 2.51 bits per heavy atom. The molecule has 1 saturated heterocycles. The third kappa shape index (κ3) is 5.74. The van der Waals surface area contributed by atoms with E-state index in [-0.39, 0.29) is 11.5 Å². The first-order valence-corrected chi connectivity index (χ1v) is 13.3. The molecule has 0 atom stereocenters. The highest BCUT2D eigenvalue weighted by Crippen LogP contribution is 2.26. The van der Waals surface area contributed by atoms with Crippen LogP contribution in [0.15, 0.2) is 56.6 Å². The lowest BCUT2D eigenvalue weighted by Crippen LogP contribution is -2.32. The summed E-state index contributed by atoms with van der Waals surface area (Å²) in [6.07, 6.45) is 4.46. The number of ether oxygens (including phenoxy) is 1. The smallest absolute Gasteiger partial charge is 0.336 e. The molecule has 2 aromatic carbocycles. The zero-order valence-electron chi connectivity index (χ0n) is 20.0. The zero-order valence-corrected chi connectivity index (χ0v) is 20.8. The van der Waals surface area contributed by atoms with Crippen LogP contribution in [-0.2, 0) is 21.2 Å². The van der Waals surface area contributed by atoms with Gasteiger partial charge in [-0.2, -0.15) is 4.31 Å². The van der Waals surface area contributed by atoms with Crippen LogP contribution in [0.5, 0.6) is 5.75 Å². The van der Waals surface area contributed by atoms with Crippen molar-refractivity contribution >= 4 is 32.6 Å². The summed E-state index contributed by atoms with van der Waals surface area (Å²) in [5.41, 5.74) is 1.86. The molecule has 186 valence electrons. The number of amides is 1. The molecule has 1 aromatic heterocycles. The number of hydrogen-bond acceptors (Lipinski definition) is 6. The molecule has 0 bridgehead atoms. The Labute approximate surface area is 204 Å². The second-order valence-corrected chi connectivity index (χ2v) is 10.6. The number of sulfonamides is 1. The highest BCUT2D eigenvalue weighted by Gasteiger charge is 2.27. The highest BCUT2D eigenvalue weighted by atomic mass is 32.2. The van der Waals surface area contributed by atoms with Crippen molar-refractivity contribution in [3.8, 4) is 5.75 Å². The molecule has 1 aliphatic heterocycles. The number of anilines is 1. The number of carbonyl (C=O) groups is 1. The van der Waals surface area contributed by atoms with Gasteiger partial charge in [-0.1, -0.05) is 25.8 Å². The van der Waals surface area contributed by atoms with Crippen LogP contribution in [0.25, 0.3) is 11.0 Å². The Balaban J connectivity index is 1.45. The molecule has 2 heterocycles. The molecule has 1 aliphatic rings. The van der Waals surface area contributed by atoms with Crippen molar-refractivity contribution in [2.75, 3.05) is 25.0 Å². The predicted molar refractivity (Wildman–Crippen MR) is 134 cm³/mol. The summed E-state index contributed by atoms with van der Waals surface area (Å²) < 4.78 is 38.9. The molecular weight excluding hydrogens is 468 g/mol. The van der Waals surface area contributed by atoms with E-state index in [1.807, 2.05) is 6.92 Å². The quantitative estimate of drug-likeness (QED) is 0.488. The van der Waals surface area contributed by atoms with Gasteiger partial charge >= 0.3 is 5.63 Å². The Kier molecular flexibility index (Phi) is 7.57. The normalized spacial score (nSPS) is 15.0. The monoisotopic (exact) mass is 498 g/mol. The molecule has 0 saturated carbocycles. The minimum absolute atomic E-state index is 0.203. The molecule has 3 aromatic rings. The molecule has 0 aliphatic carbocycles. The van der Waals surface area contributed by atoms with Crippen LogP contribution in [0.4, 0.5) is 5.69 Å². The fourth-order valence-corrected chi connectivity index (χ4v) is 6.08. The molecule has 0 unspecified atom stereocenters. The van der Waals surface area contributed by atoms with E-state index in [1.165, 1.54) is 12.1 Å². The molecule has 9 heteroatoms. The van der Waals surface area contributed by atoms with Crippen LogP contribution in [-0.4, -0.2) is 38.3 Å². The van der Waals surface area contributed by atoms with Crippen LogP contribution >= 0.6 is 0 Å². The Morgan fingerprint density at radius 1 is 1.06 bits per heavy atom. The van der Waals surface area contributed by atoms with Gasteiger partial charge in [-0.05, 0) is 61.6 Å². The minimum atomic E-state index is -3.64. The van der Waals surface area contributed by atoms with E-state index in [0.29, 0.717) is 42.1 Å². The van der Waals surface area contributed by atoms with Gasteiger partial charge in [-0.3, -0.25) is 4.79 Å². The van der Waals surface area contributed by atoms with E-state index < -0.39 is 21.6 Å². The van der Waals surface area contributed by atoms with E-state index in [1.54, 1.807) is 41.6 Å². The van der Waals surface area contributed by atoms with Gasteiger partial charge in [0.15, 0.2) is 6.61 Å². The standard InChI is InChI=1S/C26H30N2O6S/c1-3-19-14-26(30)34-23-16-21(10-11-22(19)23)33-17-25(29)27-20-9-8-18(2)24(15-20)35(31,32)28-12-6-4-5-7-13-28/h8-11,14-16H,3-7,12-13,17H2,1-2H3,(H,27,29). The summed E-state index contributed by atoms with van der Waals surface area (Å²) in [5.74, 6) is -0.0479. The summed E-state index contributed by atoms with van der Waals surface area (Å²) >= 11 is 0. The summed E-state index contributed by atoms with van der Waals surface area (Å²) in [6, 6.07) is 11.4. The number of benzene rings is 2. The van der Waals surface area contributed by atoms with Crippen molar-refractivity contribution < 1.29 is 22.4 Å². The first kappa shape index (κ1) is 24.9. The third-order valence-corrected chi connectivity index (χ3v) is 8.25. The maximum absolute atomic E-state index is 13.2. The van der Waals surface area contributed by atoms with Crippen LogP contribution in [0, 0.1) is 6.92 Å². The van der Waals surface area contributed by atoms with Gasteiger partial charge in [-0.15, -0.1) is 0 Å².